The van der Waals surface area contributed by atoms with Gasteiger partial charge in [-0.2, -0.15) is 5.10 Å². The third-order valence-electron chi connectivity index (χ3n) is 4.27. The highest BCUT2D eigenvalue weighted by Gasteiger charge is 2.52. The molecule has 1 heterocycles. The van der Waals surface area contributed by atoms with E-state index in [0.717, 1.165) is 22.5 Å². The zero-order valence-corrected chi connectivity index (χ0v) is 13.6. The molecule has 0 bridgehead atoms. The molecule has 21 heavy (non-hydrogen) atoms. The van der Waals surface area contributed by atoms with E-state index in [-0.39, 0.29) is 0 Å². The molecule has 0 saturated carbocycles. The molecule has 1 aromatic rings. The summed E-state index contributed by atoms with van der Waals surface area (Å²) in [5.74, 6) is 0.756. The van der Waals surface area contributed by atoms with Crippen LogP contribution in [0.3, 0.4) is 0 Å². The van der Waals surface area contributed by atoms with Crippen molar-refractivity contribution in [2.24, 2.45) is 5.10 Å². The van der Waals surface area contributed by atoms with E-state index in [0.29, 0.717) is 0 Å². The van der Waals surface area contributed by atoms with Crippen LogP contribution in [0.25, 0.3) is 0 Å². The standard InChI is InChI=1S/C15H23BN2O3/c1-10-8-11(19-7)9-12(13(10)18-17-6)16-20-14(2,3)15(4,5)21-16/h8-9,18H,6H2,1-5,7H3. The molecule has 1 saturated heterocycles. The maximum absolute atomic E-state index is 6.11. The van der Waals surface area contributed by atoms with Gasteiger partial charge in [0.2, 0.25) is 0 Å². The third kappa shape index (κ3) is 2.78. The molecule has 1 N–H and O–H groups in total. The van der Waals surface area contributed by atoms with E-state index in [1.807, 2.05) is 46.8 Å². The summed E-state index contributed by atoms with van der Waals surface area (Å²) < 4.78 is 17.6. The van der Waals surface area contributed by atoms with E-state index in [1.54, 1.807) is 7.11 Å². The van der Waals surface area contributed by atoms with Crippen LogP contribution in [0.2, 0.25) is 0 Å². The van der Waals surface area contributed by atoms with Gasteiger partial charge in [0.25, 0.3) is 0 Å². The molecule has 1 aliphatic heterocycles. The Hall–Kier alpha value is -1.53. The number of anilines is 1. The van der Waals surface area contributed by atoms with Crippen LogP contribution in [0.1, 0.15) is 33.3 Å². The van der Waals surface area contributed by atoms with Gasteiger partial charge in [-0.25, -0.2) is 0 Å². The molecule has 0 spiro atoms. The minimum Gasteiger partial charge on any atom is -0.497 e. The van der Waals surface area contributed by atoms with E-state index in [9.17, 15) is 0 Å². The predicted molar refractivity (Wildman–Crippen MR) is 86.6 cm³/mol. The molecule has 2 rings (SSSR count). The van der Waals surface area contributed by atoms with Crippen LogP contribution >= 0.6 is 0 Å². The summed E-state index contributed by atoms with van der Waals surface area (Å²) in [6.45, 7) is 13.6. The summed E-state index contributed by atoms with van der Waals surface area (Å²) in [5, 5.41) is 3.78. The number of nitrogens with zero attached hydrogens (tertiary/aromatic N) is 1. The molecular weight excluding hydrogens is 267 g/mol. The number of benzene rings is 1. The average molecular weight is 290 g/mol. The van der Waals surface area contributed by atoms with Gasteiger partial charge in [-0.3, -0.25) is 5.43 Å². The number of rotatable bonds is 4. The Labute approximate surface area is 126 Å². The molecule has 1 aromatic carbocycles. The fourth-order valence-electron chi connectivity index (χ4n) is 2.29. The highest BCUT2D eigenvalue weighted by atomic mass is 16.7. The summed E-state index contributed by atoms with van der Waals surface area (Å²) in [4.78, 5) is 0. The van der Waals surface area contributed by atoms with Gasteiger partial charge in [0, 0.05) is 12.2 Å². The number of nitrogens with one attached hydrogen (secondary N) is 1. The molecule has 0 unspecified atom stereocenters. The number of hydrogen-bond acceptors (Lipinski definition) is 5. The lowest BCUT2D eigenvalue weighted by Crippen LogP contribution is -2.41. The summed E-state index contributed by atoms with van der Waals surface area (Å²) in [7, 11) is 1.16. The van der Waals surface area contributed by atoms with E-state index in [4.69, 9.17) is 14.0 Å². The highest BCUT2D eigenvalue weighted by Crippen LogP contribution is 2.37. The minimum atomic E-state index is -0.479. The molecule has 0 aliphatic carbocycles. The number of hydrogen-bond donors (Lipinski definition) is 1. The van der Waals surface area contributed by atoms with Crippen LogP contribution in [0.15, 0.2) is 17.2 Å². The Morgan fingerprint density at radius 1 is 1.19 bits per heavy atom. The Morgan fingerprint density at radius 2 is 1.76 bits per heavy atom. The van der Waals surface area contributed by atoms with Crippen molar-refractivity contribution in [3.8, 4) is 5.75 Å². The Kier molecular flexibility index (Phi) is 4.04. The summed E-state index contributed by atoms with van der Waals surface area (Å²) >= 11 is 0. The van der Waals surface area contributed by atoms with Gasteiger partial charge < -0.3 is 14.0 Å². The monoisotopic (exact) mass is 290 g/mol. The molecule has 6 heteroatoms. The van der Waals surface area contributed by atoms with E-state index >= 15 is 0 Å². The number of methoxy groups -OCH3 is 1. The summed E-state index contributed by atoms with van der Waals surface area (Å²) in [6, 6.07) is 3.84. The molecule has 114 valence electrons. The molecule has 5 nitrogen and oxygen atoms in total. The lowest BCUT2D eigenvalue weighted by molar-refractivity contribution is 0.00578. The van der Waals surface area contributed by atoms with Gasteiger partial charge in [0.1, 0.15) is 5.75 Å². The fraction of sp³-hybridized carbons (Fsp3) is 0.533. The van der Waals surface area contributed by atoms with Crippen molar-refractivity contribution >= 4 is 25.0 Å². The second-order valence-electron chi connectivity index (χ2n) is 6.27. The van der Waals surface area contributed by atoms with Crippen molar-refractivity contribution in [2.75, 3.05) is 12.5 Å². The molecule has 0 aromatic heterocycles. The SMILES string of the molecule is C=NNc1c(C)cc(OC)cc1B1OC(C)(C)C(C)(C)O1. The van der Waals surface area contributed by atoms with Crippen LogP contribution in [-0.4, -0.2) is 32.1 Å². The first kappa shape index (κ1) is 15.9. The van der Waals surface area contributed by atoms with Gasteiger partial charge in [0.05, 0.1) is 24.0 Å². The highest BCUT2D eigenvalue weighted by molar-refractivity contribution is 6.64. The van der Waals surface area contributed by atoms with Gasteiger partial charge in [-0.05, 0) is 52.3 Å². The van der Waals surface area contributed by atoms with Crippen LogP contribution in [0.5, 0.6) is 5.75 Å². The van der Waals surface area contributed by atoms with Crippen molar-refractivity contribution in [2.45, 2.75) is 45.8 Å². The van der Waals surface area contributed by atoms with E-state index < -0.39 is 18.3 Å². The van der Waals surface area contributed by atoms with Crippen LogP contribution < -0.4 is 15.6 Å². The lowest BCUT2D eigenvalue weighted by atomic mass is 9.76. The minimum absolute atomic E-state index is 0.395. The van der Waals surface area contributed by atoms with Gasteiger partial charge in [-0.1, -0.05) is 0 Å². The van der Waals surface area contributed by atoms with Crippen molar-refractivity contribution in [3.63, 3.8) is 0 Å². The zero-order chi connectivity index (χ0) is 15.8. The summed E-state index contributed by atoms with van der Waals surface area (Å²) in [5.41, 5.74) is 4.82. The molecule has 0 amide bonds. The topological polar surface area (TPSA) is 52.1 Å². The van der Waals surface area contributed by atoms with Crippen LogP contribution in [0.4, 0.5) is 5.69 Å². The average Bonchev–Trinajstić information content (AvgIpc) is 2.60. The molecule has 1 fully saturated rings. The first-order chi connectivity index (χ1) is 9.71. The van der Waals surface area contributed by atoms with Crippen LogP contribution in [0, 0.1) is 6.92 Å². The van der Waals surface area contributed by atoms with E-state index in [1.165, 1.54) is 0 Å². The Balaban J connectivity index is 2.48. The van der Waals surface area contributed by atoms with Gasteiger partial charge >= 0.3 is 7.12 Å². The largest absolute Gasteiger partial charge is 0.497 e. The van der Waals surface area contributed by atoms with Crippen molar-refractivity contribution in [1.29, 1.82) is 0 Å². The molecule has 1 aliphatic rings. The predicted octanol–water partition coefficient (Wildman–Crippen LogP) is 2.33. The maximum atomic E-state index is 6.11. The maximum Gasteiger partial charge on any atom is 0.497 e. The molecule has 0 atom stereocenters. The van der Waals surface area contributed by atoms with Crippen molar-refractivity contribution in [3.05, 3.63) is 17.7 Å². The Morgan fingerprint density at radius 3 is 2.24 bits per heavy atom. The first-order valence-corrected chi connectivity index (χ1v) is 6.98. The second-order valence-corrected chi connectivity index (χ2v) is 6.27. The smallest absolute Gasteiger partial charge is 0.497 e. The van der Waals surface area contributed by atoms with Crippen LogP contribution in [-0.2, 0) is 9.31 Å². The number of aryl methyl sites for hydroxylation is 1. The van der Waals surface area contributed by atoms with Crippen molar-refractivity contribution in [1.82, 2.24) is 0 Å². The third-order valence-corrected chi connectivity index (χ3v) is 4.27. The van der Waals surface area contributed by atoms with Crippen molar-refractivity contribution < 1.29 is 14.0 Å². The molecule has 0 radical (unpaired) electrons. The fourth-order valence-corrected chi connectivity index (χ4v) is 2.29. The first-order valence-electron chi connectivity index (χ1n) is 6.98. The van der Waals surface area contributed by atoms with Gasteiger partial charge in [0.15, 0.2) is 0 Å². The lowest BCUT2D eigenvalue weighted by Gasteiger charge is -2.32. The zero-order valence-electron chi connectivity index (χ0n) is 13.6. The van der Waals surface area contributed by atoms with E-state index in [2.05, 4.69) is 17.2 Å². The number of ether oxygens (including phenoxy) is 1. The molecular formula is C15H23BN2O3. The van der Waals surface area contributed by atoms with Gasteiger partial charge in [-0.15, -0.1) is 0 Å². The Bertz CT molecular complexity index is 542. The summed E-state index contributed by atoms with van der Waals surface area (Å²) in [6.07, 6.45) is 0. The quantitative estimate of drug-likeness (QED) is 0.525. The number of hydrazone groups is 1. The second kappa shape index (κ2) is 5.35. The normalized spacial score (nSPS) is 19.4.